The summed E-state index contributed by atoms with van der Waals surface area (Å²) < 4.78 is 0. The molecule has 0 radical (unpaired) electrons. The van der Waals surface area contributed by atoms with Gasteiger partial charge in [0.05, 0.1) is 0 Å². The van der Waals surface area contributed by atoms with E-state index in [2.05, 4.69) is 30.2 Å². The summed E-state index contributed by atoms with van der Waals surface area (Å²) in [5.41, 5.74) is 0.520. The van der Waals surface area contributed by atoms with E-state index in [0.717, 1.165) is 32.5 Å². The Labute approximate surface area is 130 Å². The fourth-order valence-corrected chi connectivity index (χ4v) is 3.69. The molecule has 0 atom stereocenters. The van der Waals surface area contributed by atoms with Crippen molar-refractivity contribution in [1.29, 1.82) is 0 Å². The van der Waals surface area contributed by atoms with Crippen LogP contribution in [-0.4, -0.2) is 48.4 Å². The number of likely N-dealkylation sites (tertiary alicyclic amines) is 2. The van der Waals surface area contributed by atoms with E-state index >= 15 is 0 Å². The lowest BCUT2D eigenvalue weighted by molar-refractivity contribution is -0.134. The highest BCUT2D eigenvalue weighted by atomic mass is 16.2. The van der Waals surface area contributed by atoms with Crippen molar-refractivity contribution in [2.75, 3.05) is 32.7 Å². The van der Waals surface area contributed by atoms with E-state index in [-0.39, 0.29) is 0 Å². The Kier molecular flexibility index (Phi) is 5.86. The van der Waals surface area contributed by atoms with Gasteiger partial charge in [-0.1, -0.05) is 19.9 Å². The van der Waals surface area contributed by atoms with Gasteiger partial charge >= 0.3 is 0 Å². The maximum absolute atomic E-state index is 12.2. The smallest absolute Gasteiger partial charge is 0.222 e. The second-order valence-electron chi connectivity index (χ2n) is 7.40. The van der Waals surface area contributed by atoms with Crippen LogP contribution in [0.3, 0.4) is 0 Å². The van der Waals surface area contributed by atoms with E-state index in [1.165, 1.54) is 38.8 Å². The zero-order chi connectivity index (χ0) is 15.3. The predicted octanol–water partition coefficient (Wildman–Crippen LogP) is 3.31. The van der Waals surface area contributed by atoms with Crippen LogP contribution in [0.4, 0.5) is 0 Å². The van der Waals surface area contributed by atoms with E-state index in [4.69, 9.17) is 0 Å². The zero-order valence-corrected chi connectivity index (χ0v) is 13.9. The lowest BCUT2D eigenvalue weighted by Crippen LogP contribution is -2.48. The minimum atomic E-state index is 0.377. The van der Waals surface area contributed by atoms with Crippen molar-refractivity contribution in [1.82, 2.24) is 9.80 Å². The topological polar surface area (TPSA) is 23.6 Å². The van der Waals surface area contributed by atoms with Crippen molar-refractivity contribution < 1.29 is 4.79 Å². The van der Waals surface area contributed by atoms with Crippen molar-refractivity contribution in [2.24, 2.45) is 11.3 Å². The van der Waals surface area contributed by atoms with Gasteiger partial charge in [-0.3, -0.25) is 9.69 Å². The molecule has 1 amide bonds. The third kappa shape index (κ3) is 4.57. The number of amides is 1. The van der Waals surface area contributed by atoms with Gasteiger partial charge in [0.15, 0.2) is 0 Å². The van der Waals surface area contributed by atoms with E-state index in [1.54, 1.807) is 0 Å². The van der Waals surface area contributed by atoms with Crippen LogP contribution in [-0.2, 0) is 4.79 Å². The first-order chi connectivity index (χ1) is 10.0. The summed E-state index contributed by atoms with van der Waals surface area (Å²) in [6.45, 7) is 13.6. The second kappa shape index (κ2) is 7.44. The Morgan fingerprint density at radius 1 is 1.14 bits per heavy atom. The van der Waals surface area contributed by atoms with Gasteiger partial charge in [0.1, 0.15) is 0 Å². The maximum atomic E-state index is 12.2. The third-order valence-electron chi connectivity index (χ3n) is 5.42. The van der Waals surface area contributed by atoms with Crippen molar-refractivity contribution in [3.8, 4) is 0 Å². The van der Waals surface area contributed by atoms with Crippen LogP contribution < -0.4 is 0 Å². The number of carbonyl (C=O) groups excluding carboxylic acids is 1. The predicted molar refractivity (Wildman–Crippen MR) is 88.2 cm³/mol. The van der Waals surface area contributed by atoms with Crippen molar-refractivity contribution in [2.45, 2.75) is 52.4 Å². The first-order valence-electron chi connectivity index (χ1n) is 8.66. The summed E-state index contributed by atoms with van der Waals surface area (Å²) in [6, 6.07) is 0. The highest BCUT2D eigenvalue weighted by molar-refractivity contribution is 5.76. The van der Waals surface area contributed by atoms with Gasteiger partial charge in [-0.2, -0.15) is 0 Å². The Hall–Kier alpha value is -0.830. The first kappa shape index (κ1) is 16.5. The molecule has 2 aliphatic rings. The van der Waals surface area contributed by atoms with Gasteiger partial charge in [0.25, 0.3) is 0 Å². The Morgan fingerprint density at radius 2 is 1.71 bits per heavy atom. The highest BCUT2D eigenvalue weighted by Gasteiger charge is 2.38. The number of hydrogen-bond donors (Lipinski definition) is 0. The normalized spacial score (nSPS) is 22.7. The number of carbonyl (C=O) groups is 1. The molecule has 3 nitrogen and oxygen atoms in total. The summed E-state index contributed by atoms with van der Waals surface area (Å²) in [5, 5.41) is 0. The average molecular weight is 292 g/mol. The van der Waals surface area contributed by atoms with Gasteiger partial charge < -0.3 is 4.90 Å². The molecule has 0 aromatic rings. The minimum absolute atomic E-state index is 0.377. The molecule has 2 fully saturated rings. The number of piperidine rings is 2. The second-order valence-corrected chi connectivity index (χ2v) is 7.40. The molecule has 2 rings (SSSR count). The van der Waals surface area contributed by atoms with Gasteiger partial charge in [0, 0.05) is 26.1 Å². The summed E-state index contributed by atoms with van der Waals surface area (Å²) in [4.78, 5) is 16.8. The number of rotatable bonds is 5. The van der Waals surface area contributed by atoms with Gasteiger partial charge in [-0.05, 0) is 56.5 Å². The van der Waals surface area contributed by atoms with Crippen LogP contribution in [0.5, 0.6) is 0 Å². The van der Waals surface area contributed by atoms with Crippen LogP contribution in [0.25, 0.3) is 0 Å². The first-order valence-corrected chi connectivity index (χ1v) is 8.66. The molecule has 0 N–H and O–H groups in total. The van der Waals surface area contributed by atoms with Gasteiger partial charge in [-0.25, -0.2) is 0 Å². The fraction of sp³-hybridized carbons (Fsp3) is 0.833. The Bertz CT molecular complexity index is 346. The molecular formula is C18H32N2O. The molecule has 2 aliphatic heterocycles. The lowest BCUT2D eigenvalue weighted by Gasteiger charge is -2.46. The molecule has 2 saturated heterocycles. The summed E-state index contributed by atoms with van der Waals surface area (Å²) >= 11 is 0. The molecule has 1 spiro atoms. The lowest BCUT2D eigenvalue weighted by atomic mass is 9.71. The summed E-state index contributed by atoms with van der Waals surface area (Å²) in [7, 11) is 0. The molecule has 0 aliphatic carbocycles. The van der Waals surface area contributed by atoms with E-state index < -0.39 is 0 Å². The molecule has 120 valence electrons. The van der Waals surface area contributed by atoms with Gasteiger partial charge in [0.2, 0.25) is 5.91 Å². The Morgan fingerprint density at radius 3 is 2.24 bits per heavy atom. The number of nitrogens with zero attached hydrogens (tertiary/aromatic N) is 2. The molecule has 0 aromatic heterocycles. The third-order valence-corrected chi connectivity index (χ3v) is 5.42. The van der Waals surface area contributed by atoms with Gasteiger partial charge in [-0.15, -0.1) is 6.58 Å². The number of hydrogen-bond acceptors (Lipinski definition) is 2. The standard InChI is InChI=1S/C18H32N2O/c1-4-11-19-12-7-18(8-13-19)9-14-20(15-10-18)17(21)6-5-16(2)3/h4,16H,1,5-15H2,2-3H3. The maximum Gasteiger partial charge on any atom is 0.222 e. The summed E-state index contributed by atoms with van der Waals surface area (Å²) in [5.74, 6) is 1.00. The van der Waals surface area contributed by atoms with Crippen molar-refractivity contribution >= 4 is 5.91 Å². The van der Waals surface area contributed by atoms with Crippen LogP contribution in [0.2, 0.25) is 0 Å². The minimum Gasteiger partial charge on any atom is -0.343 e. The summed E-state index contributed by atoms with van der Waals surface area (Å²) in [6.07, 6.45) is 8.79. The molecule has 21 heavy (non-hydrogen) atoms. The molecule has 0 bridgehead atoms. The highest BCUT2D eigenvalue weighted by Crippen LogP contribution is 2.41. The van der Waals surface area contributed by atoms with E-state index in [0.29, 0.717) is 17.2 Å². The van der Waals surface area contributed by atoms with Crippen LogP contribution in [0, 0.1) is 11.3 Å². The van der Waals surface area contributed by atoms with Crippen molar-refractivity contribution in [3.63, 3.8) is 0 Å². The van der Waals surface area contributed by atoms with E-state index in [1.807, 2.05) is 6.08 Å². The monoisotopic (exact) mass is 292 g/mol. The molecule has 3 heteroatoms. The Balaban J connectivity index is 1.75. The van der Waals surface area contributed by atoms with Crippen LogP contribution in [0.1, 0.15) is 52.4 Å². The molecule has 2 heterocycles. The molecule has 0 unspecified atom stereocenters. The van der Waals surface area contributed by atoms with Crippen LogP contribution >= 0.6 is 0 Å². The largest absolute Gasteiger partial charge is 0.343 e. The quantitative estimate of drug-likeness (QED) is 0.726. The zero-order valence-electron chi connectivity index (χ0n) is 13.9. The SMILES string of the molecule is C=CCN1CCC2(CC1)CCN(C(=O)CCC(C)C)CC2. The molecular weight excluding hydrogens is 260 g/mol. The van der Waals surface area contributed by atoms with Crippen molar-refractivity contribution in [3.05, 3.63) is 12.7 Å². The average Bonchev–Trinajstić information content (AvgIpc) is 2.48. The molecule has 0 saturated carbocycles. The fourth-order valence-electron chi connectivity index (χ4n) is 3.69. The molecule has 0 aromatic carbocycles. The van der Waals surface area contributed by atoms with Crippen LogP contribution in [0.15, 0.2) is 12.7 Å². The van der Waals surface area contributed by atoms with E-state index in [9.17, 15) is 4.79 Å².